The largest absolute Gasteiger partial charge is 0.497 e. The number of sulfonamides is 1. The van der Waals surface area contributed by atoms with Crippen LogP contribution < -0.4 is 18.9 Å². The zero-order chi connectivity index (χ0) is 30.5. The molecule has 8 nitrogen and oxygen atoms in total. The topological polar surface area (TPSA) is 97.3 Å². The number of aliphatic hydroxyl groups excluding tert-OH is 1. The van der Waals surface area contributed by atoms with Crippen molar-refractivity contribution < 1.29 is 27.7 Å². The molecule has 1 aliphatic carbocycles. The Labute approximate surface area is 259 Å². The highest BCUT2D eigenvalue weighted by molar-refractivity contribution is 7.89. The maximum atomic E-state index is 13.4. The molecule has 7 rings (SSSR count). The van der Waals surface area contributed by atoms with Crippen molar-refractivity contribution >= 4 is 10.0 Å². The lowest BCUT2D eigenvalue weighted by Crippen LogP contribution is -2.55. The number of fused-ring (bicyclic) bond motifs is 4. The van der Waals surface area contributed by atoms with E-state index < -0.39 is 22.4 Å². The van der Waals surface area contributed by atoms with E-state index in [1.807, 2.05) is 60.7 Å². The first-order chi connectivity index (χ1) is 21.4. The highest BCUT2D eigenvalue weighted by Crippen LogP contribution is 2.32. The third kappa shape index (κ3) is 6.92. The van der Waals surface area contributed by atoms with E-state index >= 15 is 0 Å². The van der Waals surface area contributed by atoms with E-state index in [-0.39, 0.29) is 17.5 Å². The van der Waals surface area contributed by atoms with Gasteiger partial charge in [0.25, 0.3) is 0 Å². The second-order valence-corrected chi connectivity index (χ2v) is 13.1. The summed E-state index contributed by atoms with van der Waals surface area (Å²) in [5.74, 6) is 1.70. The lowest BCUT2D eigenvalue weighted by molar-refractivity contribution is -0.0877. The Balaban J connectivity index is 1.32. The van der Waals surface area contributed by atoms with E-state index in [9.17, 15) is 13.5 Å². The van der Waals surface area contributed by atoms with Crippen LogP contribution in [0.3, 0.4) is 0 Å². The zero-order valence-corrected chi connectivity index (χ0v) is 25.6. The van der Waals surface area contributed by atoms with Crippen LogP contribution in [0.5, 0.6) is 17.2 Å². The van der Waals surface area contributed by atoms with Crippen LogP contribution in [-0.2, 0) is 36.0 Å². The Morgan fingerprint density at radius 3 is 2.41 bits per heavy atom. The average molecular weight is 615 g/mol. The molecule has 0 saturated carbocycles. The molecular weight excluding hydrogens is 576 g/mol. The van der Waals surface area contributed by atoms with Crippen molar-refractivity contribution in [2.24, 2.45) is 0 Å². The van der Waals surface area contributed by atoms with Gasteiger partial charge in [0, 0.05) is 19.1 Å². The highest BCUT2D eigenvalue weighted by atomic mass is 32.2. The minimum Gasteiger partial charge on any atom is -0.497 e. The number of para-hydroxylation sites is 1. The molecule has 2 aliphatic heterocycles. The molecule has 3 atom stereocenters. The molecule has 44 heavy (non-hydrogen) atoms. The lowest BCUT2D eigenvalue weighted by Gasteiger charge is -2.40. The van der Waals surface area contributed by atoms with Crippen molar-refractivity contribution in [1.29, 1.82) is 0 Å². The van der Waals surface area contributed by atoms with Crippen molar-refractivity contribution in [2.75, 3.05) is 13.7 Å². The van der Waals surface area contributed by atoms with Gasteiger partial charge in [-0.05, 0) is 84.3 Å². The quantitative estimate of drug-likeness (QED) is 0.170. The number of hydrogen-bond donors (Lipinski definition) is 2. The molecule has 4 aromatic carbocycles. The fourth-order valence-corrected chi connectivity index (χ4v) is 7.31. The first-order valence-corrected chi connectivity index (χ1v) is 16.5. The minimum absolute atomic E-state index is 0.00538. The molecule has 9 heteroatoms. The summed E-state index contributed by atoms with van der Waals surface area (Å²) >= 11 is 0. The third-order valence-corrected chi connectivity index (χ3v) is 9.80. The Hall–Kier alpha value is -3.89. The Morgan fingerprint density at radius 1 is 0.955 bits per heavy atom. The molecule has 0 amide bonds. The monoisotopic (exact) mass is 614 g/mol. The molecule has 0 aromatic heterocycles. The number of nitrogens with zero attached hydrogens (tertiary/aromatic N) is 1. The summed E-state index contributed by atoms with van der Waals surface area (Å²) in [6.45, 7) is 0.614. The fourth-order valence-electron chi connectivity index (χ4n) is 6.06. The van der Waals surface area contributed by atoms with E-state index in [1.165, 1.54) is 11.1 Å². The van der Waals surface area contributed by atoms with Crippen LogP contribution in [0.2, 0.25) is 0 Å². The number of hydrogen-bond acceptors (Lipinski definition) is 7. The molecule has 2 unspecified atom stereocenters. The van der Waals surface area contributed by atoms with Gasteiger partial charge >= 0.3 is 0 Å². The second-order valence-electron chi connectivity index (χ2n) is 11.4. The van der Waals surface area contributed by atoms with E-state index in [4.69, 9.17) is 14.2 Å². The molecule has 0 fully saturated rings. The smallest absolute Gasteiger partial charge is 0.244 e. The summed E-state index contributed by atoms with van der Waals surface area (Å²) in [6, 6.07) is 30.8. The van der Waals surface area contributed by atoms with Gasteiger partial charge in [0.2, 0.25) is 10.0 Å². The van der Waals surface area contributed by atoms with Crippen molar-refractivity contribution in [3.63, 3.8) is 0 Å². The van der Waals surface area contributed by atoms with E-state index in [1.54, 1.807) is 19.2 Å². The van der Waals surface area contributed by atoms with E-state index in [0.717, 1.165) is 42.6 Å². The van der Waals surface area contributed by atoms with E-state index in [0.29, 0.717) is 24.7 Å². The number of nitrogens with one attached hydrogen (secondary N) is 1. The average Bonchev–Trinajstić information content (AvgIpc) is 3.28. The molecule has 2 bridgehead atoms. The number of aliphatic hydroxyl groups is 1. The molecule has 2 heterocycles. The predicted octanol–water partition coefficient (Wildman–Crippen LogP) is 5.08. The summed E-state index contributed by atoms with van der Waals surface area (Å²) in [5, 5.41) is 11.8. The summed E-state index contributed by atoms with van der Waals surface area (Å²) < 4.78 is 47.0. The van der Waals surface area contributed by atoms with Crippen molar-refractivity contribution in [3.8, 4) is 17.2 Å². The maximum Gasteiger partial charge on any atom is 0.244 e. The zero-order valence-electron chi connectivity index (χ0n) is 24.8. The molecule has 230 valence electrons. The second kappa shape index (κ2) is 13.4. The Morgan fingerprint density at radius 2 is 1.73 bits per heavy atom. The fraction of sp³-hybridized carbons (Fsp3) is 0.314. The summed E-state index contributed by atoms with van der Waals surface area (Å²) in [6.07, 6.45) is 1.48. The van der Waals surface area contributed by atoms with Crippen LogP contribution in [0.4, 0.5) is 0 Å². The van der Waals surface area contributed by atoms with Gasteiger partial charge in [0.1, 0.15) is 34.9 Å². The molecule has 3 aliphatic rings. The van der Waals surface area contributed by atoms with Gasteiger partial charge in [-0.1, -0.05) is 60.7 Å². The third-order valence-electron chi connectivity index (χ3n) is 8.36. The van der Waals surface area contributed by atoms with Gasteiger partial charge in [-0.15, -0.1) is 0 Å². The molecule has 4 aromatic rings. The van der Waals surface area contributed by atoms with Gasteiger partial charge in [-0.3, -0.25) is 4.90 Å². The van der Waals surface area contributed by atoms with Gasteiger partial charge in [-0.25, -0.2) is 13.1 Å². The maximum absolute atomic E-state index is 13.4. The predicted molar refractivity (Wildman–Crippen MR) is 168 cm³/mol. The van der Waals surface area contributed by atoms with Gasteiger partial charge in [0.05, 0.1) is 7.11 Å². The number of rotatable bonds is 12. The molecule has 2 N–H and O–H groups in total. The summed E-state index contributed by atoms with van der Waals surface area (Å²) in [4.78, 5) is 2.26. The van der Waals surface area contributed by atoms with Crippen LogP contribution in [0.25, 0.3) is 0 Å². The minimum atomic E-state index is -3.95. The number of aryl methyl sites for hydroxylation is 1. The van der Waals surface area contributed by atoms with Crippen molar-refractivity contribution in [1.82, 2.24) is 9.62 Å². The van der Waals surface area contributed by atoms with Gasteiger partial charge in [-0.2, -0.15) is 0 Å². The van der Waals surface area contributed by atoms with Crippen LogP contribution in [0.1, 0.15) is 35.1 Å². The van der Waals surface area contributed by atoms with Crippen LogP contribution in [-0.4, -0.2) is 50.5 Å². The highest BCUT2D eigenvalue weighted by Gasteiger charge is 2.36. The van der Waals surface area contributed by atoms with Crippen molar-refractivity contribution in [2.45, 2.75) is 62.1 Å². The van der Waals surface area contributed by atoms with E-state index in [2.05, 4.69) is 33.9 Å². The van der Waals surface area contributed by atoms with Gasteiger partial charge in [0.15, 0.2) is 6.23 Å². The first kappa shape index (κ1) is 30.1. The van der Waals surface area contributed by atoms with Crippen LogP contribution >= 0.6 is 0 Å². The Bertz CT molecular complexity index is 1670. The number of methoxy groups -OCH3 is 1. The summed E-state index contributed by atoms with van der Waals surface area (Å²) in [5.41, 5.74) is 4.35. The standard InChI is InChI=1S/C35H38N2O6S/c1-41-31-17-16-27-11-8-12-29(20-28(27)21-31)37(23-25-9-4-2-5-10-25)35(43-30-13-6-3-7-14-30)32(38)22-36-44(39,40)34-19-26-15-18-33(34)42-24-26/h2-7,9-10,13-19,21,29,32,35-36,38H,8,11-12,20,22-24H2,1H3/t29?,32-,35?/m0/s1. The first-order valence-electron chi connectivity index (χ1n) is 15.0. The van der Waals surface area contributed by atoms with Gasteiger partial charge < -0.3 is 19.3 Å². The van der Waals surface area contributed by atoms with Crippen molar-refractivity contribution in [3.05, 3.63) is 119 Å². The summed E-state index contributed by atoms with van der Waals surface area (Å²) in [7, 11) is -2.28. The molecule has 0 saturated heterocycles. The van der Waals surface area contributed by atoms with Crippen LogP contribution in [0.15, 0.2) is 102 Å². The Kier molecular flexibility index (Phi) is 9.18. The van der Waals surface area contributed by atoms with Crippen LogP contribution in [0, 0.1) is 0 Å². The SMILES string of the molecule is COc1ccc2c(c1)CC(N(Cc1ccccc1)C(Oc1ccccc1)[C@@H](O)CNS(=O)(=O)c1cc3ccc1OC3)CCC2. The lowest BCUT2D eigenvalue weighted by atomic mass is 9.99. The molecule has 0 radical (unpaired) electrons. The number of ether oxygens (including phenoxy) is 3. The molecular formula is C35H38N2O6S. The molecule has 0 spiro atoms. The number of benzene rings is 4. The normalized spacial score (nSPS) is 17.3.